The monoisotopic (exact) mass is 428 g/mol. The molecule has 0 saturated carbocycles. The average Bonchev–Trinajstić information content (AvgIpc) is 2.79. The molecule has 2 aromatic carbocycles. The number of primary amides is 1. The van der Waals surface area contributed by atoms with Crippen molar-refractivity contribution in [3.8, 4) is 5.75 Å². The van der Waals surface area contributed by atoms with Crippen LogP contribution in [0.4, 0.5) is 22.1 Å². The lowest BCUT2D eigenvalue weighted by atomic mass is 10.1. The summed E-state index contributed by atoms with van der Waals surface area (Å²) < 4.78 is 6.09. The molecule has 8 nitrogen and oxygen atoms in total. The highest BCUT2D eigenvalue weighted by Crippen LogP contribution is 2.32. The molecule has 0 bridgehead atoms. The summed E-state index contributed by atoms with van der Waals surface area (Å²) in [6, 6.07) is 14.5. The van der Waals surface area contributed by atoms with Crippen LogP contribution in [0.15, 0.2) is 67.1 Å². The van der Waals surface area contributed by atoms with Crippen molar-refractivity contribution >= 4 is 34.1 Å². The number of nitrogens with two attached hydrogens (primary N) is 1. The number of pyridine rings is 1. The fraction of sp³-hybridized carbons (Fsp3) is 0.167. The van der Waals surface area contributed by atoms with Crippen molar-refractivity contribution in [3.05, 3.63) is 78.4 Å². The number of rotatable bonds is 8. The van der Waals surface area contributed by atoms with Gasteiger partial charge in [-0.15, -0.1) is 0 Å². The first-order chi connectivity index (χ1) is 15.6. The van der Waals surface area contributed by atoms with Crippen molar-refractivity contribution in [2.75, 3.05) is 10.6 Å². The number of nitrogens with zero attached hydrogens (tertiary/aromatic N) is 3. The van der Waals surface area contributed by atoms with E-state index < -0.39 is 6.03 Å². The molecule has 0 aliphatic carbocycles. The average molecular weight is 428 g/mol. The molecule has 0 fully saturated rings. The van der Waals surface area contributed by atoms with Crippen molar-refractivity contribution < 1.29 is 9.53 Å². The smallest absolute Gasteiger partial charge is 0.316 e. The van der Waals surface area contributed by atoms with E-state index >= 15 is 0 Å². The fourth-order valence-corrected chi connectivity index (χ4v) is 3.41. The second-order valence-corrected chi connectivity index (χ2v) is 7.25. The largest absolute Gasteiger partial charge is 0.488 e. The lowest BCUT2D eigenvalue weighted by molar-refractivity contribution is 0.259. The summed E-state index contributed by atoms with van der Waals surface area (Å²) in [6.07, 6.45) is 7.07. The van der Waals surface area contributed by atoms with Crippen LogP contribution in [-0.2, 0) is 13.0 Å². The van der Waals surface area contributed by atoms with Crippen molar-refractivity contribution in [2.24, 2.45) is 5.73 Å². The number of amides is 2. The molecule has 4 rings (SSSR count). The van der Waals surface area contributed by atoms with Gasteiger partial charge >= 0.3 is 6.03 Å². The molecule has 4 aromatic rings. The first-order valence-corrected chi connectivity index (χ1v) is 10.4. The van der Waals surface area contributed by atoms with E-state index in [9.17, 15) is 4.79 Å². The minimum atomic E-state index is -0.606. The zero-order chi connectivity index (χ0) is 22.3. The van der Waals surface area contributed by atoms with Gasteiger partial charge in [-0.25, -0.2) is 14.8 Å². The van der Waals surface area contributed by atoms with Gasteiger partial charge in [-0.2, -0.15) is 0 Å². The summed E-state index contributed by atoms with van der Waals surface area (Å²) >= 11 is 0. The number of aromatic nitrogens is 3. The summed E-state index contributed by atoms with van der Waals surface area (Å²) in [5, 5.41) is 7.59. The van der Waals surface area contributed by atoms with E-state index in [1.807, 2.05) is 42.5 Å². The highest BCUT2D eigenvalue weighted by molar-refractivity contribution is 6.03. The Hall–Kier alpha value is -4.20. The summed E-state index contributed by atoms with van der Waals surface area (Å²) in [5.41, 5.74) is 7.81. The number of urea groups is 1. The summed E-state index contributed by atoms with van der Waals surface area (Å²) in [7, 11) is 0. The zero-order valence-electron chi connectivity index (χ0n) is 17.7. The van der Waals surface area contributed by atoms with Gasteiger partial charge in [0.25, 0.3) is 0 Å². The van der Waals surface area contributed by atoms with Crippen LogP contribution < -0.4 is 21.1 Å². The predicted octanol–water partition coefficient (Wildman–Crippen LogP) is 4.79. The molecule has 0 aliphatic rings. The molecule has 2 amide bonds. The third-order valence-corrected chi connectivity index (χ3v) is 4.81. The molecule has 0 unspecified atom stereocenters. The van der Waals surface area contributed by atoms with Crippen molar-refractivity contribution in [1.82, 2.24) is 15.0 Å². The standard InChI is InChI=1S/C24H24N6O2/c1-2-5-17-13-26-14-23(28-17)30-22-12-16(10-11-27-22)15-32-21-9-8-20(29-24(25)31)18-6-3-4-7-19(18)21/h3-4,6-14H,2,5,15H2,1H3,(H3,25,29,31)(H,27,28,30). The number of ether oxygens (including phenoxy) is 1. The van der Waals surface area contributed by atoms with E-state index in [1.165, 1.54) is 0 Å². The molecule has 0 radical (unpaired) electrons. The molecule has 0 aliphatic heterocycles. The van der Waals surface area contributed by atoms with Gasteiger partial charge in [0.1, 0.15) is 24.0 Å². The third kappa shape index (κ3) is 5.10. The quantitative estimate of drug-likeness (QED) is 0.372. The van der Waals surface area contributed by atoms with E-state index in [1.54, 1.807) is 24.7 Å². The van der Waals surface area contributed by atoms with Gasteiger partial charge in [-0.3, -0.25) is 4.98 Å². The van der Waals surface area contributed by atoms with E-state index in [2.05, 4.69) is 32.5 Å². The number of carbonyl (C=O) groups is 1. The Morgan fingerprint density at radius 3 is 2.72 bits per heavy atom. The second-order valence-electron chi connectivity index (χ2n) is 7.25. The maximum Gasteiger partial charge on any atom is 0.316 e. The Morgan fingerprint density at radius 2 is 1.91 bits per heavy atom. The van der Waals surface area contributed by atoms with Crippen LogP contribution in [0.3, 0.4) is 0 Å². The lowest BCUT2D eigenvalue weighted by Gasteiger charge is -2.13. The fourth-order valence-electron chi connectivity index (χ4n) is 3.41. The van der Waals surface area contributed by atoms with Gasteiger partial charge in [-0.05, 0) is 36.2 Å². The number of benzene rings is 2. The normalized spacial score (nSPS) is 10.7. The number of hydrogen-bond donors (Lipinski definition) is 3. The SMILES string of the molecule is CCCc1cncc(Nc2cc(COc3ccc(NC(N)=O)c4ccccc34)ccn2)n1. The molecule has 0 spiro atoms. The van der Waals surface area contributed by atoms with Crippen LogP contribution in [0, 0.1) is 0 Å². The second kappa shape index (κ2) is 9.74. The molecule has 32 heavy (non-hydrogen) atoms. The van der Waals surface area contributed by atoms with Crippen LogP contribution >= 0.6 is 0 Å². The number of carbonyl (C=O) groups excluding carboxylic acids is 1. The van der Waals surface area contributed by atoms with Crippen LogP contribution in [0.25, 0.3) is 10.8 Å². The number of anilines is 3. The maximum atomic E-state index is 11.3. The number of fused-ring (bicyclic) bond motifs is 1. The van der Waals surface area contributed by atoms with Gasteiger partial charge < -0.3 is 21.1 Å². The van der Waals surface area contributed by atoms with Crippen LogP contribution in [0.5, 0.6) is 5.75 Å². The highest BCUT2D eigenvalue weighted by Gasteiger charge is 2.09. The van der Waals surface area contributed by atoms with Crippen molar-refractivity contribution in [2.45, 2.75) is 26.4 Å². The maximum absolute atomic E-state index is 11.3. The van der Waals surface area contributed by atoms with Gasteiger partial charge in [0.05, 0.1) is 17.6 Å². The minimum Gasteiger partial charge on any atom is -0.488 e. The Balaban J connectivity index is 1.50. The van der Waals surface area contributed by atoms with Crippen molar-refractivity contribution in [3.63, 3.8) is 0 Å². The summed E-state index contributed by atoms with van der Waals surface area (Å²) in [6.45, 7) is 2.46. The number of hydrogen-bond acceptors (Lipinski definition) is 6. The third-order valence-electron chi connectivity index (χ3n) is 4.81. The molecular formula is C24H24N6O2. The van der Waals surface area contributed by atoms with Gasteiger partial charge in [-0.1, -0.05) is 37.6 Å². The Kier molecular flexibility index (Phi) is 6.41. The molecule has 0 atom stereocenters. The van der Waals surface area contributed by atoms with E-state index in [4.69, 9.17) is 10.5 Å². The highest BCUT2D eigenvalue weighted by atomic mass is 16.5. The lowest BCUT2D eigenvalue weighted by Crippen LogP contribution is -2.19. The van der Waals surface area contributed by atoms with E-state index in [0.29, 0.717) is 29.7 Å². The molecule has 2 aromatic heterocycles. The summed E-state index contributed by atoms with van der Waals surface area (Å²) in [5.74, 6) is 2.03. The number of aryl methyl sites for hydroxylation is 1. The molecule has 0 saturated heterocycles. The van der Waals surface area contributed by atoms with Crippen LogP contribution in [-0.4, -0.2) is 21.0 Å². The Morgan fingerprint density at radius 1 is 1.06 bits per heavy atom. The van der Waals surface area contributed by atoms with E-state index in [-0.39, 0.29) is 0 Å². The summed E-state index contributed by atoms with van der Waals surface area (Å²) in [4.78, 5) is 24.5. The Labute approximate surface area is 185 Å². The van der Waals surface area contributed by atoms with Crippen LogP contribution in [0.1, 0.15) is 24.6 Å². The van der Waals surface area contributed by atoms with Crippen molar-refractivity contribution in [1.29, 1.82) is 0 Å². The molecule has 162 valence electrons. The molecule has 4 N–H and O–H groups in total. The molecule has 8 heteroatoms. The first-order valence-electron chi connectivity index (χ1n) is 10.4. The van der Waals surface area contributed by atoms with Crippen LogP contribution in [0.2, 0.25) is 0 Å². The predicted molar refractivity (Wildman–Crippen MR) is 125 cm³/mol. The van der Waals surface area contributed by atoms with Gasteiger partial charge in [0.15, 0.2) is 0 Å². The number of nitrogens with one attached hydrogen (secondary N) is 2. The Bertz CT molecular complexity index is 1240. The molecular weight excluding hydrogens is 404 g/mol. The van der Waals surface area contributed by atoms with Gasteiger partial charge in [0, 0.05) is 23.2 Å². The minimum absolute atomic E-state index is 0.353. The van der Waals surface area contributed by atoms with E-state index in [0.717, 1.165) is 34.9 Å². The first kappa shape index (κ1) is 21.0. The topological polar surface area (TPSA) is 115 Å². The zero-order valence-corrected chi connectivity index (χ0v) is 17.7. The molecule has 2 heterocycles. The van der Waals surface area contributed by atoms with Gasteiger partial charge in [0.2, 0.25) is 0 Å².